The Hall–Kier alpha value is -1.38. The van der Waals surface area contributed by atoms with Gasteiger partial charge in [-0.3, -0.25) is 14.5 Å². The minimum absolute atomic E-state index is 0.104. The van der Waals surface area contributed by atoms with Crippen molar-refractivity contribution in [3.8, 4) is 0 Å². The van der Waals surface area contributed by atoms with Gasteiger partial charge in [0.15, 0.2) is 0 Å². The van der Waals surface area contributed by atoms with E-state index >= 15 is 0 Å². The van der Waals surface area contributed by atoms with Crippen LogP contribution in [0.15, 0.2) is 0 Å². The molecule has 0 bridgehead atoms. The molecule has 2 aliphatic rings. The smallest absolute Gasteiger partial charge is 0.410 e. The number of likely N-dealkylation sites (N-methyl/N-ethyl adjacent to an activating group) is 1. The molecule has 2 fully saturated rings. The Balaban J connectivity index is 2.01. The first kappa shape index (κ1) is 19.0. The molecule has 0 spiro atoms. The van der Waals surface area contributed by atoms with Crippen LogP contribution < -0.4 is 0 Å². The van der Waals surface area contributed by atoms with Crippen LogP contribution in [-0.2, 0) is 19.1 Å². The topological polar surface area (TPSA) is 71.6 Å². The van der Waals surface area contributed by atoms with Gasteiger partial charge in [-0.1, -0.05) is 0 Å². The fourth-order valence-corrected chi connectivity index (χ4v) is 3.13. The lowest BCUT2D eigenvalue weighted by atomic mass is 9.93. The van der Waals surface area contributed by atoms with Gasteiger partial charge in [0.05, 0.1) is 13.7 Å². The number of amides is 2. The lowest BCUT2D eigenvalue weighted by molar-refractivity contribution is -0.183. The van der Waals surface area contributed by atoms with Crippen LogP contribution in [0.2, 0.25) is 0 Å². The van der Waals surface area contributed by atoms with E-state index in [9.17, 15) is 9.59 Å². The highest BCUT2D eigenvalue weighted by atomic mass is 16.7. The molecule has 0 aromatic carbocycles. The second-order valence-corrected chi connectivity index (χ2v) is 7.27. The Morgan fingerprint density at radius 3 is 2.25 bits per heavy atom. The predicted molar refractivity (Wildman–Crippen MR) is 87.3 cm³/mol. The Bertz CT molecular complexity index is 463. The van der Waals surface area contributed by atoms with Crippen molar-refractivity contribution in [1.82, 2.24) is 14.9 Å². The first-order valence-corrected chi connectivity index (χ1v) is 8.32. The molecule has 0 N–H and O–H groups in total. The minimum Gasteiger partial charge on any atom is -0.444 e. The van der Waals surface area contributed by atoms with Gasteiger partial charge in [0, 0.05) is 46.3 Å². The van der Waals surface area contributed by atoms with Crippen LogP contribution in [0.4, 0.5) is 4.79 Å². The molecular weight excluding hydrogens is 314 g/mol. The fourth-order valence-electron chi connectivity index (χ4n) is 3.13. The Morgan fingerprint density at radius 1 is 1.17 bits per heavy atom. The molecule has 8 heteroatoms. The number of carbonyl (C=O) groups is 2. The highest BCUT2D eigenvalue weighted by Gasteiger charge is 2.50. The molecule has 0 aromatic rings. The van der Waals surface area contributed by atoms with Gasteiger partial charge in [-0.2, -0.15) is 0 Å². The van der Waals surface area contributed by atoms with E-state index in [1.54, 1.807) is 11.9 Å². The summed E-state index contributed by atoms with van der Waals surface area (Å²) in [5.41, 5.74) is -1.21. The summed E-state index contributed by atoms with van der Waals surface area (Å²) in [4.78, 5) is 33.8. The van der Waals surface area contributed by atoms with Crippen molar-refractivity contribution < 1.29 is 23.9 Å². The number of ether oxygens (including phenoxy) is 2. The summed E-state index contributed by atoms with van der Waals surface area (Å²) in [6.45, 7) is 8.72. The van der Waals surface area contributed by atoms with Gasteiger partial charge in [-0.25, -0.2) is 9.86 Å². The van der Waals surface area contributed by atoms with E-state index in [4.69, 9.17) is 14.3 Å². The molecule has 0 saturated carbocycles. The SMILES string of the molecule is CON(C)C(=O)C1(N2CCN(C(=O)OC(C)(C)C)CC2)CCOC1. The number of carbonyl (C=O) groups excluding carboxylic acids is 2. The van der Waals surface area contributed by atoms with Gasteiger partial charge in [-0.05, 0) is 20.8 Å². The van der Waals surface area contributed by atoms with Crippen LogP contribution in [0, 0.1) is 0 Å². The molecule has 138 valence electrons. The number of nitrogens with zero attached hydrogens (tertiary/aromatic N) is 3. The molecule has 0 aliphatic carbocycles. The number of hydrogen-bond donors (Lipinski definition) is 0. The molecule has 2 saturated heterocycles. The van der Waals surface area contributed by atoms with Gasteiger partial charge in [0.25, 0.3) is 5.91 Å². The molecule has 8 nitrogen and oxygen atoms in total. The second-order valence-electron chi connectivity index (χ2n) is 7.27. The molecule has 2 amide bonds. The lowest BCUT2D eigenvalue weighted by Gasteiger charge is -2.44. The predicted octanol–water partition coefficient (Wildman–Crippen LogP) is 0.718. The first-order chi connectivity index (χ1) is 11.2. The maximum atomic E-state index is 12.8. The fraction of sp³-hybridized carbons (Fsp3) is 0.875. The average molecular weight is 343 g/mol. The van der Waals surface area contributed by atoms with Gasteiger partial charge in [-0.15, -0.1) is 0 Å². The van der Waals surface area contributed by atoms with Gasteiger partial charge in [0.2, 0.25) is 0 Å². The third kappa shape index (κ3) is 3.99. The summed E-state index contributed by atoms with van der Waals surface area (Å²) in [6.07, 6.45) is 0.325. The minimum atomic E-state index is -0.704. The number of hydrogen-bond acceptors (Lipinski definition) is 6. The van der Waals surface area contributed by atoms with E-state index < -0.39 is 11.1 Å². The van der Waals surface area contributed by atoms with Crippen LogP contribution in [0.3, 0.4) is 0 Å². The van der Waals surface area contributed by atoms with Crippen molar-refractivity contribution in [3.63, 3.8) is 0 Å². The summed E-state index contributed by atoms with van der Waals surface area (Å²) in [5, 5.41) is 1.26. The zero-order valence-electron chi connectivity index (χ0n) is 15.3. The average Bonchev–Trinajstić information content (AvgIpc) is 3.02. The molecule has 2 heterocycles. The van der Waals surface area contributed by atoms with E-state index in [0.717, 1.165) is 0 Å². The van der Waals surface area contributed by atoms with Crippen LogP contribution in [-0.4, -0.2) is 91.6 Å². The molecule has 0 radical (unpaired) electrons. The zero-order chi connectivity index (χ0) is 18.0. The standard InChI is InChI=1S/C16H29N3O5/c1-15(2,3)24-14(21)18-7-9-19(10-8-18)16(6-11-23-12-16)13(20)17(4)22-5/h6-12H2,1-5H3. The van der Waals surface area contributed by atoms with E-state index in [1.807, 2.05) is 20.8 Å². The highest BCUT2D eigenvalue weighted by Crippen LogP contribution is 2.30. The second kappa shape index (κ2) is 7.25. The van der Waals surface area contributed by atoms with Crippen molar-refractivity contribution in [2.75, 3.05) is 53.6 Å². The third-order valence-corrected chi connectivity index (χ3v) is 4.50. The molecule has 2 aliphatic heterocycles. The lowest BCUT2D eigenvalue weighted by Crippen LogP contribution is -2.64. The van der Waals surface area contributed by atoms with Crippen molar-refractivity contribution in [1.29, 1.82) is 0 Å². The molecular formula is C16H29N3O5. The van der Waals surface area contributed by atoms with Crippen LogP contribution in [0.25, 0.3) is 0 Å². The Morgan fingerprint density at radius 2 is 1.79 bits per heavy atom. The molecule has 1 unspecified atom stereocenters. The summed E-state index contributed by atoms with van der Waals surface area (Å²) < 4.78 is 10.9. The maximum absolute atomic E-state index is 12.8. The largest absolute Gasteiger partial charge is 0.444 e. The van der Waals surface area contributed by atoms with E-state index in [2.05, 4.69) is 4.90 Å². The van der Waals surface area contributed by atoms with E-state index in [0.29, 0.717) is 45.8 Å². The number of hydroxylamine groups is 2. The monoisotopic (exact) mass is 343 g/mol. The quantitative estimate of drug-likeness (QED) is 0.703. The van der Waals surface area contributed by atoms with E-state index in [-0.39, 0.29) is 12.0 Å². The summed E-state index contributed by atoms with van der Waals surface area (Å²) in [6, 6.07) is 0. The van der Waals surface area contributed by atoms with Crippen molar-refractivity contribution >= 4 is 12.0 Å². The van der Waals surface area contributed by atoms with E-state index in [1.165, 1.54) is 12.2 Å². The zero-order valence-corrected chi connectivity index (χ0v) is 15.3. The van der Waals surface area contributed by atoms with Crippen LogP contribution >= 0.6 is 0 Å². The van der Waals surface area contributed by atoms with Gasteiger partial charge < -0.3 is 14.4 Å². The molecule has 0 aromatic heterocycles. The van der Waals surface area contributed by atoms with Gasteiger partial charge >= 0.3 is 6.09 Å². The van der Waals surface area contributed by atoms with Gasteiger partial charge in [0.1, 0.15) is 11.1 Å². The number of piperazine rings is 1. The Kier molecular flexibility index (Phi) is 5.72. The molecule has 2 rings (SSSR count). The van der Waals surface area contributed by atoms with Crippen molar-refractivity contribution in [2.45, 2.75) is 38.3 Å². The molecule has 1 atom stereocenters. The normalized spacial score (nSPS) is 25.6. The maximum Gasteiger partial charge on any atom is 0.410 e. The van der Waals surface area contributed by atoms with Crippen LogP contribution in [0.1, 0.15) is 27.2 Å². The van der Waals surface area contributed by atoms with Crippen molar-refractivity contribution in [2.24, 2.45) is 0 Å². The number of rotatable bonds is 3. The first-order valence-electron chi connectivity index (χ1n) is 8.32. The van der Waals surface area contributed by atoms with Crippen molar-refractivity contribution in [3.05, 3.63) is 0 Å². The summed E-state index contributed by atoms with van der Waals surface area (Å²) >= 11 is 0. The highest BCUT2D eigenvalue weighted by molar-refractivity contribution is 5.86. The Labute approximate surface area is 143 Å². The van der Waals surface area contributed by atoms with Crippen LogP contribution in [0.5, 0.6) is 0 Å². The summed E-state index contributed by atoms with van der Waals surface area (Å²) in [7, 11) is 3.08. The molecule has 24 heavy (non-hydrogen) atoms. The third-order valence-electron chi connectivity index (χ3n) is 4.50. The summed E-state index contributed by atoms with van der Waals surface area (Å²) in [5.74, 6) is -0.104.